The van der Waals surface area contributed by atoms with E-state index >= 15 is 0 Å². The van der Waals surface area contributed by atoms with Gasteiger partial charge in [-0.25, -0.2) is 10.1 Å². The maximum Gasteiger partial charge on any atom is 0.257 e. The Labute approximate surface area is 174 Å². The maximum atomic E-state index is 4.52. The van der Waals surface area contributed by atoms with E-state index in [1.807, 2.05) is 81.4 Å². The number of hydrogen-bond donors (Lipinski definition) is 2. The Morgan fingerprint density at radius 2 is 1.60 bits per heavy atom. The van der Waals surface area contributed by atoms with Gasteiger partial charge < -0.3 is 5.32 Å². The molecule has 150 valence electrons. The fourth-order valence-corrected chi connectivity index (χ4v) is 2.86. The largest absolute Gasteiger partial charge is 0.324 e. The van der Waals surface area contributed by atoms with Crippen LogP contribution < -0.4 is 10.7 Å². The molecular weight excluding hydrogens is 376 g/mol. The number of anilines is 3. The highest BCUT2D eigenvalue weighted by Gasteiger charge is 2.12. The number of nitrogens with one attached hydrogen (secondary N) is 2. The van der Waals surface area contributed by atoms with Gasteiger partial charge in [0.2, 0.25) is 11.9 Å². The molecule has 0 fully saturated rings. The molecule has 0 spiro atoms. The van der Waals surface area contributed by atoms with E-state index in [4.69, 9.17) is 0 Å². The molecule has 2 aromatic carbocycles. The summed E-state index contributed by atoms with van der Waals surface area (Å²) in [6.07, 6.45) is 1.72. The zero-order valence-electron chi connectivity index (χ0n) is 17.0. The number of para-hydroxylation sites is 1. The van der Waals surface area contributed by atoms with Gasteiger partial charge in [0.15, 0.2) is 0 Å². The molecule has 2 heterocycles. The Balaban J connectivity index is 1.64. The molecule has 0 atom stereocenters. The van der Waals surface area contributed by atoms with E-state index in [1.54, 1.807) is 10.9 Å². The monoisotopic (exact) mass is 398 g/mol. The minimum Gasteiger partial charge on any atom is -0.324 e. The van der Waals surface area contributed by atoms with Crippen LogP contribution in [0.25, 0.3) is 5.95 Å². The zero-order valence-corrected chi connectivity index (χ0v) is 17.0. The lowest BCUT2D eigenvalue weighted by atomic mass is 10.2. The lowest BCUT2D eigenvalue weighted by Gasteiger charge is -2.09. The van der Waals surface area contributed by atoms with Crippen LogP contribution in [0.2, 0.25) is 0 Å². The van der Waals surface area contributed by atoms with Crippen molar-refractivity contribution in [2.45, 2.75) is 20.8 Å². The van der Waals surface area contributed by atoms with Crippen LogP contribution in [0.4, 0.5) is 17.6 Å². The number of benzene rings is 2. The van der Waals surface area contributed by atoms with Gasteiger partial charge in [-0.1, -0.05) is 48.0 Å². The number of nitrogens with zero attached hydrogens (tertiary/aromatic N) is 6. The van der Waals surface area contributed by atoms with Crippen molar-refractivity contribution in [3.8, 4) is 5.95 Å². The fraction of sp³-hybridized carbons (Fsp3) is 0.136. The third-order valence-corrected chi connectivity index (χ3v) is 4.31. The lowest BCUT2D eigenvalue weighted by Crippen LogP contribution is -2.11. The lowest BCUT2D eigenvalue weighted by molar-refractivity contribution is 0.767. The predicted molar refractivity (Wildman–Crippen MR) is 119 cm³/mol. The Kier molecular flexibility index (Phi) is 5.47. The van der Waals surface area contributed by atoms with Crippen LogP contribution >= 0.6 is 0 Å². The van der Waals surface area contributed by atoms with Crippen molar-refractivity contribution in [2.24, 2.45) is 5.10 Å². The molecule has 0 aliphatic rings. The molecule has 4 aromatic rings. The van der Waals surface area contributed by atoms with Gasteiger partial charge in [0, 0.05) is 11.4 Å². The number of hydrogen-bond acceptors (Lipinski definition) is 7. The Morgan fingerprint density at radius 1 is 0.867 bits per heavy atom. The summed E-state index contributed by atoms with van der Waals surface area (Å²) in [7, 11) is 0. The standard InChI is InChI=1S/C22H22N8/c1-15-9-11-18(12-10-15)14-23-28-21-25-20(24-19-7-5-4-6-8-19)26-22(27-21)30-17(3)13-16(2)29-30/h4-14H,1-3H3,(H2,24,25,26,27,28)/b23-14+. The summed E-state index contributed by atoms with van der Waals surface area (Å²) in [6, 6.07) is 19.7. The molecule has 8 nitrogen and oxygen atoms in total. The van der Waals surface area contributed by atoms with Crippen LogP contribution in [0, 0.1) is 20.8 Å². The average Bonchev–Trinajstić information content (AvgIpc) is 3.08. The minimum absolute atomic E-state index is 0.314. The highest BCUT2D eigenvalue weighted by atomic mass is 15.4. The number of rotatable bonds is 6. The first-order chi connectivity index (χ1) is 14.6. The number of aryl methyl sites for hydroxylation is 3. The second kappa shape index (κ2) is 8.52. The Morgan fingerprint density at radius 3 is 2.30 bits per heavy atom. The molecule has 0 aliphatic carbocycles. The first kappa shape index (κ1) is 19.3. The van der Waals surface area contributed by atoms with Gasteiger partial charge in [-0.15, -0.1) is 0 Å². The summed E-state index contributed by atoms with van der Waals surface area (Å²) in [5, 5.41) is 11.9. The van der Waals surface area contributed by atoms with Crippen LogP contribution in [0.15, 0.2) is 65.8 Å². The number of aromatic nitrogens is 5. The molecule has 0 saturated carbocycles. The van der Waals surface area contributed by atoms with Gasteiger partial charge in [0.05, 0.1) is 11.9 Å². The van der Waals surface area contributed by atoms with Crippen molar-refractivity contribution in [1.82, 2.24) is 24.7 Å². The first-order valence-corrected chi connectivity index (χ1v) is 9.54. The van der Waals surface area contributed by atoms with Crippen molar-refractivity contribution in [1.29, 1.82) is 0 Å². The van der Waals surface area contributed by atoms with Gasteiger partial charge >= 0.3 is 0 Å². The number of hydrazone groups is 1. The molecular formula is C22H22N8. The van der Waals surface area contributed by atoms with Gasteiger partial charge in [-0.05, 0) is 44.5 Å². The quantitative estimate of drug-likeness (QED) is 0.374. The van der Waals surface area contributed by atoms with E-state index in [0.717, 1.165) is 22.6 Å². The third-order valence-electron chi connectivity index (χ3n) is 4.31. The van der Waals surface area contributed by atoms with Crippen molar-refractivity contribution in [2.75, 3.05) is 10.7 Å². The van der Waals surface area contributed by atoms with Gasteiger partial charge in [-0.3, -0.25) is 0 Å². The smallest absolute Gasteiger partial charge is 0.257 e. The summed E-state index contributed by atoms with van der Waals surface area (Å²) in [4.78, 5) is 13.4. The molecule has 0 radical (unpaired) electrons. The van der Waals surface area contributed by atoms with Crippen LogP contribution in [-0.2, 0) is 0 Å². The van der Waals surface area contributed by atoms with Crippen LogP contribution in [0.5, 0.6) is 0 Å². The molecule has 8 heteroatoms. The molecule has 0 bridgehead atoms. The van der Waals surface area contributed by atoms with Crippen LogP contribution in [0.3, 0.4) is 0 Å². The van der Waals surface area contributed by atoms with E-state index in [-0.39, 0.29) is 0 Å². The predicted octanol–water partition coefficient (Wildman–Crippen LogP) is 4.17. The normalized spacial score (nSPS) is 11.0. The topological polar surface area (TPSA) is 92.9 Å². The van der Waals surface area contributed by atoms with Crippen molar-refractivity contribution in [3.05, 3.63) is 83.2 Å². The first-order valence-electron chi connectivity index (χ1n) is 9.54. The average molecular weight is 398 g/mol. The molecule has 0 amide bonds. The van der Waals surface area contributed by atoms with E-state index in [1.165, 1.54) is 5.56 Å². The summed E-state index contributed by atoms with van der Waals surface area (Å²) in [6.45, 7) is 5.93. The van der Waals surface area contributed by atoms with Crippen molar-refractivity contribution < 1.29 is 0 Å². The third kappa shape index (κ3) is 4.67. The maximum absolute atomic E-state index is 4.52. The highest BCUT2D eigenvalue weighted by molar-refractivity contribution is 5.80. The summed E-state index contributed by atoms with van der Waals surface area (Å²) in [5.41, 5.74) is 7.76. The molecule has 0 saturated heterocycles. The molecule has 4 rings (SSSR count). The molecule has 0 aliphatic heterocycles. The second-order valence-corrected chi connectivity index (χ2v) is 6.89. The van der Waals surface area contributed by atoms with Crippen LogP contribution in [-0.4, -0.2) is 30.9 Å². The van der Waals surface area contributed by atoms with Crippen LogP contribution in [0.1, 0.15) is 22.5 Å². The van der Waals surface area contributed by atoms with E-state index in [2.05, 4.69) is 35.9 Å². The van der Waals surface area contributed by atoms with Crippen molar-refractivity contribution in [3.63, 3.8) is 0 Å². The van der Waals surface area contributed by atoms with E-state index < -0.39 is 0 Å². The van der Waals surface area contributed by atoms with Gasteiger partial charge in [-0.2, -0.15) is 25.2 Å². The Bertz CT molecular complexity index is 1160. The van der Waals surface area contributed by atoms with Gasteiger partial charge in [0.1, 0.15) is 0 Å². The summed E-state index contributed by atoms with van der Waals surface area (Å²) >= 11 is 0. The second-order valence-electron chi connectivity index (χ2n) is 6.89. The van der Waals surface area contributed by atoms with Crippen molar-refractivity contribution >= 4 is 23.8 Å². The zero-order chi connectivity index (χ0) is 20.9. The molecule has 2 aromatic heterocycles. The molecule has 2 N–H and O–H groups in total. The summed E-state index contributed by atoms with van der Waals surface area (Å²) < 4.78 is 1.68. The molecule has 0 unspecified atom stereocenters. The Hall–Kier alpha value is -4.07. The summed E-state index contributed by atoms with van der Waals surface area (Å²) in [5.74, 6) is 1.11. The van der Waals surface area contributed by atoms with Gasteiger partial charge in [0.25, 0.3) is 5.95 Å². The molecule has 30 heavy (non-hydrogen) atoms. The SMILES string of the molecule is Cc1ccc(/C=N/Nc2nc(Nc3ccccc3)nc(-n3nc(C)cc3C)n2)cc1. The van der Waals surface area contributed by atoms with E-state index in [9.17, 15) is 0 Å². The minimum atomic E-state index is 0.314. The highest BCUT2D eigenvalue weighted by Crippen LogP contribution is 2.16. The van der Waals surface area contributed by atoms with E-state index in [0.29, 0.717) is 17.8 Å². The fourth-order valence-electron chi connectivity index (χ4n) is 2.86.